The summed E-state index contributed by atoms with van der Waals surface area (Å²) in [5.41, 5.74) is 2.27. The van der Waals surface area contributed by atoms with Gasteiger partial charge in [-0.3, -0.25) is 0 Å². The SMILES string of the molecule is CC(C)CON=Cc1ccc(CCCCOc2c(Cl)cc(OCC=C(Cl)Cl)cc2Cl)cc1. The fourth-order valence-corrected chi connectivity index (χ4v) is 3.33. The molecule has 32 heavy (non-hydrogen) atoms. The van der Waals surface area contributed by atoms with Crippen LogP contribution in [0.5, 0.6) is 11.5 Å². The summed E-state index contributed by atoms with van der Waals surface area (Å²) in [5.74, 6) is 1.43. The Morgan fingerprint density at radius 3 is 2.31 bits per heavy atom. The molecular weight excluding hydrogens is 492 g/mol. The summed E-state index contributed by atoms with van der Waals surface area (Å²) >= 11 is 23.7. The van der Waals surface area contributed by atoms with E-state index in [4.69, 9.17) is 60.7 Å². The average molecular weight is 519 g/mol. The third kappa shape index (κ3) is 10.4. The van der Waals surface area contributed by atoms with Crippen LogP contribution in [0.3, 0.4) is 0 Å². The molecule has 0 aliphatic carbocycles. The molecule has 0 aliphatic heterocycles. The lowest BCUT2D eigenvalue weighted by atomic mass is 10.1. The molecule has 2 aromatic carbocycles. The van der Waals surface area contributed by atoms with Crippen molar-refractivity contribution < 1.29 is 14.3 Å². The van der Waals surface area contributed by atoms with Crippen molar-refractivity contribution in [2.45, 2.75) is 33.1 Å². The van der Waals surface area contributed by atoms with E-state index in [-0.39, 0.29) is 11.1 Å². The molecule has 0 radical (unpaired) electrons. The minimum atomic E-state index is 0.138. The molecule has 0 unspecified atom stereocenters. The molecule has 174 valence electrons. The van der Waals surface area contributed by atoms with Gasteiger partial charge in [-0.25, -0.2) is 0 Å². The second-order valence-corrected chi connectivity index (χ2v) is 9.31. The Hall–Kier alpha value is -1.59. The van der Waals surface area contributed by atoms with Gasteiger partial charge in [0.25, 0.3) is 0 Å². The first-order chi connectivity index (χ1) is 15.3. The third-order valence-corrected chi connectivity index (χ3v) is 5.10. The van der Waals surface area contributed by atoms with E-state index in [0.717, 1.165) is 24.8 Å². The standard InChI is InChI=1S/C24H27Cl4NO3/c1-17(2)16-32-29-15-19-8-6-18(7-9-19)5-3-4-11-31-24-21(25)13-20(14-22(24)26)30-12-10-23(27)28/h6-10,13-15,17H,3-5,11-12,16H2,1-2H3. The van der Waals surface area contributed by atoms with E-state index in [1.165, 1.54) is 11.6 Å². The van der Waals surface area contributed by atoms with Gasteiger partial charge in [0.2, 0.25) is 0 Å². The molecule has 2 rings (SSSR count). The second kappa shape index (κ2) is 14.5. The predicted molar refractivity (Wildman–Crippen MR) is 135 cm³/mol. The Kier molecular flexibility index (Phi) is 12.1. The van der Waals surface area contributed by atoms with Crippen LogP contribution in [0.15, 0.2) is 52.1 Å². The first-order valence-electron chi connectivity index (χ1n) is 10.3. The number of rotatable bonds is 13. The summed E-state index contributed by atoms with van der Waals surface area (Å²) < 4.78 is 11.4. The minimum absolute atomic E-state index is 0.138. The van der Waals surface area contributed by atoms with Gasteiger partial charge in [0.15, 0.2) is 5.75 Å². The van der Waals surface area contributed by atoms with Crippen LogP contribution in [0.1, 0.15) is 37.8 Å². The van der Waals surface area contributed by atoms with Crippen LogP contribution in [0, 0.1) is 5.92 Å². The van der Waals surface area contributed by atoms with Crippen LogP contribution in [-0.2, 0) is 11.3 Å². The van der Waals surface area contributed by atoms with Crippen molar-refractivity contribution in [2.75, 3.05) is 19.8 Å². The summed E-state index contributed by atoms with van der Waals surface area (Å²) in [5, 5.41) is 4.77. The summed E-state index contributed by atoms with van der Waals surface area (Å²) in [4.78, 5) is 5.22. The van der Waals surface area contributed by atoms with Gasteiger partial charge in [-0.05, 0) is 42.4 Å². The molecule has 0 atom stereocenters. The van der Waals surface area contributed by atoms with E-state index in [1.807, 2.05) is 12.1 Å². The zero-order valence-electron chi connectivity index (χ0n) is 18.1. The summed E-state index contributed by atoms with van der Waals surface area (Å²) in [6.45, 7) is 5.53. The van der Waals surface area contributed by atoms with Crippen LogP contribution in [-0.4, -0.2) is 26.0 Å². The highest BCUT2D eigenvalue weighted by atomic mass is 35.5. The van der Waals surface area contributed by atoms with Crippen molar-refractivity contribution in [3.8, 4) is 11.5 Å². The van der Waals surface area contributed by atoms with Crippen molar-refractivity contribution in [2.24, 2.45) is 11.1 Å². The maximum absolute atomic E-state index is 6.28. The van der Waals surface area contributed by atoms with E-state index in [0.29, 0.717) is 40.7 Å². The van der Waals surface area contributed by atoms with E-state index in [1.54, 1.807) is 18.3 Å². The normalized spacial score (nSPS) is 11.1. The molecule has 2 aromatic rings. The number of halogens is 4. The molecule has 8 heteroatoms. The number of unbranched alkanes of at least 4 members (excludes halogenated alkanes) is 1. The molecule has 0 spiro atoms. The van der Waals surface area contributed by atoms with Gasteiger partial charge in [0.1, 0.15) is 23.5 Å². The lowest BCUT2D eigenvalue weighted by molar-refractivity contribution is 0.120. The maximum atomic E-state index is 6.28. The number of benzene rings is 2. The van der Waals surface area contributed by atoms with Crippen LogP contribution in [0.25, 0.3) is 0 Å². The van der Waals surface area contributed by atoms with Crippen molar-refractivity contribution in [3.63, 3.8) is 0 Å². The van der Waals surface area contributed by atoms with E-state index < -0.39 is 0 Å². The highest BCUT2D eigenvalue weighted by molar-refractivity contribution is 6.55. The summed E-state index contributed by atoms with van der Waals surface area (Å²) in [7, 11) is 0. The number of ether oxygens (including phenoxy) is 2. The molecular formula is C24H27Cl4NO3. The monoisotopic (exact) mass is 517 g/mol. The topological polar surface area (TPSA) is 40.0 Å². The number of oxime groups is 1. The van der Waals surface area contributed by atoms with Crippen molar-refractivity contribution in [1.29, 1.82) is 0 Å². The maximum Gasteiger partial charge on any atom is 0.156 e. The average Bonchev–Trinajstić information content (AvgIpc) is 2.73. The first-order valence-corrected chi connectivity index (χ1v) is 11.9. The highest BCUT2D eigenvalue weighted by Gasteiger charge is 2.10. The Balaban J connectivity index is 1.73. The largest absolute Gasteiger partial charge is 0.490 e. The smallest absolute Gasteiger partial charge is 0.156 e. The molecule has 0 saturated carbocycles. The molecule has 0 fully saturated rings. The van der Waals surface area contributed by atoms with Gasteiger partial charge < -0.3 is 14.3 Å². The van der Waals surface area contributed by atoms with Gasteiger partial charge in [-0.15, -0.1) is 0 Å². The molecule has 0 bridgehead atoms. The lowest BCUT2D eigenvalue weighted by Crippen LogP contribution is -2.01. The second-order valence-electron chi connectivity index (χ2n) is 7.49. The minimum Gasteiger partial charge on any atom is -0.490 e. The number of hydrogen-bond donors (Lipinski definition) is 0. The van der Waals surface area contributed by atoms with Crippen LogP contribution in [0.2, 0.25) is 10.0 Å². The van der Waals surface area contributed by atoms with E-state index in [9.17, 15) is 0 Å². The zero-order chi connectivity index (χ0) is 23.3. The number of hydrogen-bond acceptors (Lipinski definition) is 4. The molecule has 0 aromatic heterocycles. The van der Waals surface area contributed by atoms with E-state index in [2.05, 4.69) is 31.1 Å². The van der Waals surface area contributed by atoms with E-state index >= 15 is 0 Å². The Morgan fingerprint density at radius 1 is 1.00 bits per heavy atom. The van der Waals surface area contributed by atoms with Crippen LogP contribution >= 0.6 is 46.4 Å². The van der Waals surface area contributed by atoms with Gasteiger partial charge in [0.05, 0.1) is 22.9 Å². The molecule has 0 heterocycles. The van der Waals surface area contributed by atoms with Gasteiger partial charge in [-0.1, -0.05) is 89.7 Å². The zero-order valence-corrected chi connectivity index (χ0v) is 21.1. The molecule has 0 aliphatic rings. The molecule has 4 nitrogen and oxygen atoms in total. The van der Waals surface area contributed by atoms with Crippen molar-refractivity contribution in [1.82, 2.24) is 0 Å². The predicted octanol–water partition coefficient (Wildman–Crippen LogP) is 8.10. The Labute approximate surface area is 210 Å². The molecule has 0 amide bonds. The van der Waals surface area contributed by atoms with Gasteiger partial charge in [0, 0.05) is 12.1 Å². The number of nitrogens with zero attached hydrogens (tertiary/aromatic N) is 1. The summed E-state index contributed by atoms with van der Waals surface area (Å²) in [6.07, 6.45) is 6.06. The fourth-order valence-electron chi connectivity index (χ4n) is 2.62. The number of aryl methyl sites for hydroxylation is 1. The third-order valence-electron chi connectivity index (χ3n) is 4.23. The van der Waals surface area contributed by atoms with Crippen molar-refractivity contribution >= 4 is 52.6 Å². The van der Waals surface area contributed by atoms with Crippen molar-refractivity contribution in [3.05, 3.63) is 68.1 Å². The molecule has 0 saturated heterocycles. The van der Waals surface area contributed by atoms with Crippen LogP contribution < -0.4 is 9.47 Å². The highest BCUT2D eigenvalue weighted by Crippen LogP contribution is 2.37. The fraction of sp³-hybridized carbons (Fsp3) is 0.375. The Morgan fingerprint density at radius 2 is 1.69 bits per heavy atom. The quantitative estimate of drug-likeness (QED) is 0.153. The lowest BCUT2D eigenvalue weighted by Gasteiger charge is -2.12. The summed E-state index contributed by atoms with van der Waals surface area (Å²) in [6, 6.07) is 11.6. The van der Waals surface area contributed by atoms with Gasteiger partial charge >= 0.3 is 0 Å². The Bertz CT molecular complexity index is 872. The molecule has 0 N–H and O–H groups in total. The van der Waals surface area contributed by atoms with Gasteiger partial charge in [-0.2, -0.15) is 0 Å². The first kappa shape index (κ1) is 26.7. The van der Waals surface area contributed by atoms with Crippen LogP contribution in [0.4, 0.5) is 0 Å².